The number of aromatic nitrogens is 2. The highest BCUT2D eigenvalue weighted by Crippen LogP contribution is 2.36. The van der Waals surface area contributed by atoms with Crippen LogP contribution < -0.4 is 10.1 Å². The lowest BCUT2D eigenvalue weighted by atomic mass is 9.89. The van der Waals surface area contributed by atoms with Crippen molar-refractivity contribution in [2.24, 2.45) is 5.92 Å². The van der Waals surface area contributed by atoms with Crippen LogP contribution in [0, 0.1) is 5.92 Å². The van der Waals surface area contributed by atoms with Gasteiger partial charge in [0.05, 0.1) is 19.3 Å². The zero-order chi connectivity index (χ0) is 14.4. The number of rotatable bonds is 7. The quantitative estimate of drug-likeness (QED) is 0.830. The summed E-state index contributed by atoms with van der Waals surface area (Å²) in [4.78, 5) is 8.79. The van der Waals surface area contributed by atoms with Crippen molar-refractivity contribution >= 4 is 0 Å². The first-order chi connectivity index (χ1) is 9.81. The fourth-order valence-corrected chi connectivity index (χ4v) is 2.92. The molecule has 0 bridgehead atoms. The summed E-state index contributed by atoms with van der Waals surface area (Å²) in [5.74, 6) is 1.04. The molecule has 5 heteroatoms. The summed E-state index contributed by atoms with van der Waals surface area (Å²) in [7, 11) is 1.65. The number of nitrogens with zero attached hydrogens (tertiary/aromatic N) is 2. The third-order valence-electron chi connectivity index (χ3n) is 3.88. The molecule has 0 spiro atoms. The normalized spacial score (nSPS) is 23.8. The van der Waals surface area contributed by atoms with Gasteiger partial charge in [-0.15, -0.1) is 0 Å². The van der Waals surface area contributed by atoms with E-state index in [2.05, 4.69) is 29.1 Å². The molecular formula is C15H25N3O2. The minimum absolute atomic E-state index is 0.144. The molecule has 2 rings (SSSR count). The molecule has 1 aromatic heterocycles. The molecule has 112 valence electrons. The maximum absolute atomic E-state index is 5.84. The molecule has 0 radical (unpaired) electrons. The fourth-order valence-electron chi connectivity index (χ4n) is 2.92. The summed E-state index contributed by atoms with van der Waals surface area (Å²) < 4.78 is 11.2. The highest BCUT2D eigenvalue weighted by Gasteiger charge is 2.36. The highest BCUT2D eigenvalue weighted by molar-refractivity contribution is 5.22. The standard InChI is InChI=1S/C15H25N3O2/c1-4-7-16-13(11-6-10-20-12(11)5-2)14-15(19-3)18-9-8-17-14/h8-9,11-13,16H,4-7,10H2,1-3H3. The Morgan fingerprint density at radius 2 is 2.20 bits per heavy atom. The van der Waals surface area contributed by atoms with Crippen molar-refractivity contribution in [3.63, 3.8) is 0 Å². The van der Waals surface area contributed by atoms with E-state index in [0.717, 1.165) is 38.1 Å². The molecule has 1 fully saturated rings. The summed E-state index contributed by atoms with van der Waals surface area (Å²) in [6.45, 7) is 6.13. The van der Waals surface area contributed by atoms with Crippen molar-refractivity contribution in [1.29, 1.82) is 0 Å². The predicted octanol–water partition coefficient (Wildman–Crippen LogP) is 2.34. The summed E-state index contributed by atoms with van der Waals surface area (Å²) in [6.07, 6.45) is 6.86. The van der Waals surface area contributed by atoms with Crippen molar-refractivity contribution in [1.82, 2.24) is 15.3 Å². The van der Waals surface area contributed by atoms with Crippen LogP contribution >= 0.6 is 0 Å². The minimum Gasteiger partial charge on any atom is -0.480 e. The van der Waals surface area contributed by atoms with Crippen molar-refractivity contribution in [2.75, 3.05) is 20.3 Å². The molecule has 3 unspecified atom stereocenters. The maximum atomic E-state index is 5.84. The van der Waals surface area contributed by atoms with Crippen molar-refractivity contribution in [3.05, 3.63) is 18.1 Å². The fraction of sp³-hybridized carbons (Fsp3) is 0.733. The van der Waals surface area contributed by atoms with Gasteiger partial charge < -0.3 is 14.8 Å². The van der Waals surface area contributed by atoms with E-state index in [-0.39, 0.29) is 12.1 Å². The first kappa shape index (κ1) is 15.2. The van der Waals surface area contributed by atoms with E-state index in [9.17, 15) is 0 Å². The molecule has 1 aliphatic heterocycles. The van der Waals surface area contributed by atoms with Gasteiger partial charge in [-0.25, -0.2) is 4.98 Å². The number of hydrogen-bond acceptors (Lipinski definition) is 5. The van der Waals surface area contributed by atoms with E-state index in [1.807, 2.05) is 0 Å². The molecule has 20 heavy (non-hydrogen) atoms. The van der Waals surface area contributed by atoms with Gasteiger partial charge in [-0.2, -0.15) is 0 Å². The second kappa shape index (κ2) is 7.55. The predicted molar refractivity (Wildman–Crippen MR) is 77.8 cm³/mol. The Balaban J connectivity index is 2.26. The molecule has 1 saturated heterocycles. The molecule has 0 amide bonds. The van der Waals surface area contributed by atoms with Gasteiger partial charge in [0.1, 0.15) is 5.69 Å². The van der Waals surface area contributed by atoms with E-state index in [1.54, 1.807) is 19.5 Å². The average Bonchev–Trinajstić information content (AvgIpc) is 2.96. The minimum atomic E-state index is 0.144. The molecule has 1 aliphatic rings. The lowest BCUT2D eigenvalue weighted by Gasteiger charge is -2.28. The highest BCUT2D eigenvalue weighted by atomic mass is 16.5. The van der Waals surface area contributed by atoms with Crippen LogP contribution in [0.1, 0.15) is 44.8 Å². The summed E-state index contributed by atoms with van der Waals surface area (Å²) in [6, 6.07) is 0.144. The second-order valence-corrected chi connectivity index (χ2v) is 5.15. The summed E-state index contributed by atoms with van der Waals surface area (Å²) >= 11 is 0. The van der Waals surface area contributed by atoms with Gasteiger partial charge in [0, 0.05) is 24.9 Å². The van der Waals surface area contributed by atoms with Crippen molar-refractivity contribution in [2.45, 2.75) is 45.3 Å². The number of methoxy groups -OCH3 is 1. The zero-order valence-electron chi connectivity index (χ0n) is 12.6. The Kier molecular flexibility index (Phi) is 5.73. The Morgan fingerprint density at radius 1 is 1.40 bits per heavy atom. The van der Waals surface area contributed by atoms with Gasteiger partial charge in [-0.1, -0.05) is 13.8 Å². The monoisotopic (exact) mass is 279 g/mol. The Morgan fingerprint density at radius 3 is 2.90 bits per heavy atom. The number of hydrogen-bond donors (Lipinski definition) is 1. The van der Waals surface area contributed by atoms with Crippen molar-refractivity contribution in [3.8, 4) is 5.88 Å². The van der Waals surface area contributed by atoms with Crippen LogP contribution in [0.2, 0.25) is 0 Å². The van der Waals surface area contributed by atoms with Crippen LogP contribution in [0.4, 0.5) is 0 Å². The topological polar surface area (TPSA) is 56.3 Å². The third kappa shape index (κ3) is 3.27. The molecule has 1 aromatic rings. The van der Waals surface area contributed by atoms with Gasteiger partial charge in [0.25, 0.3) is 0 Å². The Bertz CT molecular complexity index is 414. The van der Waals surface area contributed by atoms with E-state index in [0.29, 0.717) is 11.8 Å². The van der Waals surface area contributed by atoms with Gasteiger partial charge in [0.2, 0.25) is 5.88 Å². The molecule has 3 atom stereocenters. The van der Waals surface area contributed by atoms with E-state index in [4.69, 9.17) is 9.47 Å². The van der Waals surface area contributed by atoms with Crippen LogP contribution in [0.3, 0.4) is 0 Å². The van der Waals surface area contributed by atoms with Crippen LogP contribution in [-0.2, 0) is 4.74 Å². The summed E-state index contributed by atoms with van der Waals surface area (Å²) in [5.41, 5.74) is 0.900. The maximum Gasteiger partial charge on any atom is 0.237 e. The lowest BCUT2D eigenvalue weighted by molar-refractivity contribution is 0.0765. The lowest BCUT2D eigenvalue weighted by Crippen LogP contribution is -2.34. The SMILES string of the molecule is CCCNC(c1nccnc1OC)C1CCOC1CC. The first-order valence-electron chi connectivity index (χ1n) is 7.51. The Labute approximate surface area is 121 Å². The second-order valence-electron chi connectivity index (χ2n) is 5.15. The smallest absolute Gasteiger partial charge is 0.237 e. The van der Waals surface area contributed by atoms with Crippen LogP contribution in [0.15, 0.2) is 12.4 Å². The molecular weight excluding hydrogens is 254 g/mol. The van der Waals surface area contributed by atoms with Gasteiger partial charge in [0.15, 0.2) is 0 Å². The third-order valence-corrected chi connectivity index (χ3v) is 3.88. The summed E-state index contributed by atoms with van der Waals surface area (Å²) in [5, 5.41) is 3.60. The van der Waals surface area contributed by atoms with Crippen LogP contribution in [0.25, 0.3) is 0 Å². The molecule has 5 nitrogen and oxygen atoms in total. The molecule has 0 aromatic carbocycles. The van der Waals surface area contributed by atoms with E-state index >= 15 is 0 Å². The van der Waals surface area contributed by atoms with E-state index in [1.165, 1.54) is 0 Å². The molecule has 0 saturated carbocycles. The van der Waals surface area contributed by atoms with Gasteiger partial charge in [-0.3, -0.25) is 4.98 Å². The number of nitrogens with one attached hydrogen (secondary N) is 1. The number of ether oxygens (including phenoxy) is 2. The average molecular weight is 279 g/mol. The first-order valence-corrected chi connectivity index (χ1v) is 7.51. The van der Waals surface area contributed by atoms with Crippen LogP contribution in [0.5, 0.6) is 5.88 Å². The van der Waals surface area contributed by atoms with E-state index < -0.39 is 0 Å². The van der Waals surface area contributed by atoms with Gasteiger partial charge >= 0.3 is 0 Å². The van der Waals surface area contributed by atoms with Gasteiger partial charge in [-0.05, 0) is 25.8 Å². The van der Waals surface area contributed by atoms with Crippen molar-refractivity contribution < 1.29 is 9.47 Å². The molecule has 2 heterocycles. The molecule has 0 aliphatic carbocycles. The largest absolute Gasteiger partial charge is 0.480 e. The zero-order valence-corrected chi connectivity index (χ0v) is 12.6. The van der Waals surface area contributed by atoms with Crippen LogP contribution in [-0.4, -0.2) is 36.3 Å². The molecule has 1 N–H and O–H groups in total. The Hall–Kier alpha value is -1.20.